The molecule has 1 saturated heterocycles. The van der Waals surface area contributed by atoms with E-state index >= 15 is 0 Å². The average Bonchev–Trinajstić information content (AvgIpc) is 2.88. The molecule has 136 valence electrons. The van der Waals surface area contributed by atoms with Gasteiger partial charge in [0, 0.05) is 24.5 Å². The molecule has 2 N–H and O–H groups in total. The molecule has 1 aliphatic heterocycles. The molecule has 0 aromatic carbocycles. The van der Waals surface area contributed by atoms with Crippen LogP contribution >= 0.6 is 11.3 Å². The number of morpholine rings is 1. The molecule has 0 spiro atoms. The van der Waals surface area contributed by atoms with Gasteiger partial charge in [-0.3, -0.25) is 9.69 Å². The lowest BCUT2D eigenvalue weighted by Gasteiger charge is -2.25. The van der Waals surface area contributed by atoms with Crippen molar-refractivity contribution in [3.8, 4) is 0 Å². The fourth-order valence-electron chi connectivity index (χ4n) is 2.88. The molecule has 8 heteroatoms. The van der Waals surface area contributed by atoms with Gasteiger partial charge >= 0.3 is 0 Å². The van der Waals surface area contributed by atoms with E-state index in [4.69, 9.17) is 14.7 Å². The van der Waals surface area contributed by atoms with E-state index in [1.807, 2.05) is 6.92 Å². The number of likely N-dealkylation sites (N-methyl/N-ethyl adjacent to an activating group) is 1. The van der Waals surface area contributed by atoms with Crippen molar-refractivity contribution in [3.63, 3.8) is 0 Å². The summed E-state index contributed by atoms with van der Waals surface area (Å²) in [5.74, 6) is 1.50. The Balaban J connectivity index is 1.86. The zero-order chi connectivity index (χ0) is 17.8. The molecule has 0 saturated carbocycles. The van der Waals surface area contributed by atoms with Crippen molar-refractivity contribution in [3.05, 3.63) is 16.3 Å². The zero-order valence-electron chi connectivity index (χ0n) is 15.0. The predicted molar refractivity (Wildman–Crippen MR) is 100 cm³/mol. The summed E-state index contributed by atoms with van der Waals surface area (Å²) in [4.78, 5) is 25.8. The van der Waals surface area contributed by atoms with Crippen molar-refractivity contribution in [1.82, 2.24) is 20.2 Å². The third-order valence-corrected chi connectivity index (χ3v) is 5.44. The summed E-state index contributed by atoms with van der Waals surface area (Å²) in [6, 6.07) is 0. The van der Waals surface area contributed by atoms with Crippen LogP contribution in [0.4, 0.5) is 5.82 Å². The summed E-state index contributed by atoms with van der Waals surface area (Å²) in [5, 5.41) is 7.03. The molecule has 25 heavy (non-hydrogen) atoms. The first kappa shape index (κ1) is 18.0. The number of aryl methyl sites for hydroxylation is 2. The number of hydrogen-bond donors (Lipinski definition) is 2. The highest BCUT2D eigenvalue weighted by molar-refractivity contribution is 7.18. The molecule has 2 aromatic rings. The number of thiophene rings is 1. The summed E-state index contributed by atoms with van der Waals surface area (Å²) in [5.41, 5.74) is 1.18. The molecule has 1 fully saturated rings. The Morgan fingerprint density at radius 1 is 1.28 bits per heavy atom. The second kappa shape index (κ2) is 8.07. The zero-order valence-corrected chi connectivity index (χ0v) is 15.8. The van der Waals surface area contributed by atoms with E-state index < -0.39 is 0 Å². The van der Waals surface area contributed by atoms with E-state index in [-0.39, 0.29) is 12.5 Å². The van der Waals surface area contributed by atoms with Crippen molar-refractivity contribution >= 4 is 33.3 Å². The summed E-state index contributed by atoms with van der Waals surface area (Å²) in [6.07, 6.45) is 0. The van der Waals surface area contributed by atoms with E-state index in [1.165, 1.54) is 10.4 Å². The Morgan fingerprint density at radius 2 is 2.04 bits per heavy atom. The van der Waals surface area contributed by atoms with E-state index in [1.54, 1.807) is 11.3 Å². The number of amides is 1. The van der Waals surface area contributed by atoms with Gasteiger partial charge in [-0.25, -0.2) is 9.97 Å². The Hall–Kier alpha value is -1.77. The van der Waals surface area contributed by atoms with Gasteiger partial charge in [0.1, 0.15) is 16.5 Å². The highest BCUT2D eigenvalue weighted by atomic mass is 32.1. The number of anilines is 1. The Bertz CT molecular complexity index is 755. The van der Waals surface area contributed by atoms with E-state index in [0.29, 0.717) is 13.1 Å². The Morgan fingerprint density at radius 3 is 2.76 bits per heavy atom. The minimum atomic E-state index is -0.0337. The second-order valence-electron chi connectivity index (χ2n) is 6.15. The van der Waals surface area contributed by atoms with E-state index in [0.717, 1.165) is 48.2 Å². The first-order valence-electron chi connectivity index (χ1n) is 8.65. The maximum atomic E-state index is 11.8. The number of rotatable bonds is 6. The van der Waals surface area contributed by atoms with Crippen molar-refractivity contribution < 1.29 is 9.53 Å². The van der Waals surface area contributed by atoms with Crippen LogP contribution in [-0.2, 0) is 16.1 Å². The normalized spacial score (nSPS) is 15.5. The molecular weight excluding hydrogens is 338 g/mol. The topological polar surface area (TPSA) is 79.4 Å². The number of fused-ring (bicyclic) bond motifs is 1. The molecule has 0 radical (unpaired) electrons. The minimum absolute atomic E-state index is 0.0337. The molecule has 0 bridgehead atoms. The van der Waals surface area contributed by atoms with Gasteiger partial charge < -0.3 is 15.4 Å². The van der Waals surface area contributed by atoms with Crippen LogP contribution in [0.15, 0.2) is 0 Å². The SMILES string of the molecule is CCNC(=O)CNc1nc(CN2CCOCC2)nc2sc(C)c(C)c12. The lowest BCUT2D eigenvalue weighted by molar-refractivity contribution is -0.119. The smallest absolute Gasteiger partial charge is 0.239 e. The van der Waals surface area contributed by atoms with Crippen molar-refractivity contribution in [2.75, 3.05) is 44.7 Å². The molecule has 0 aliphatic carbocycles. The van der Waals surface area contributed by atoms with Crippen molar-refractivity contribution in [2.24, 2.45) is 0 Å². The first-order valence-corrected chi connectivity index (χ1v) is 9.47. The molecule has 1 aliphatic rings. The number of carbonyl (C=O) groups is 1. The molecule has 1 amide bonds. The van der Waals surface area contributed by atoms with Crippen LogP contribution in [0.5, 0.6) is 0 Å². The summed E-state index contributed by atoms with van der Waals surface area (Å²) < 4.78 is 5.40. The second-order valence-corrected chi connectivity index (χ2v) is 7.35. The van der Waals surface area contributed by atoms with Crippen LogP contribution in [0.2, 0.25) is 0 Å². The van der Waals surface area contributed by atoms with E-state index in [9.17, 15) is 4.79 Å². The van der Waals surface area contributed by atoms with Gasteiger partial charge in [0.15, 0.2) is 0 Å². The number of nitrogens with zero attached hydrogens (tertiary/aromatic N) is 3. The maximum Gasteiger partial charge on any atom is 0.239 e. The van der Waals surface area contributed by atoms with Gasteiger partial charge in [0.05, 0.1) is 31.7 Å². The van der Waals surface area contributed by atoms with Crippen molar-refractivity contribution in [2.45, 2.75) is 27.3 Å². The fourth-order valence-corrected chi connectivity index (χ4v) is 3.92. The third kappa shape index (κ3) is 4.26. The van der Waals surface area contributed by atoms with Gasteiger partial charge in [-0.1, -0.05) is 0 Å². The van der Waals surface area contributed by atoms with Gasteiger partial charge in [0.25, 0.3) is 0 Å². The molecule has 0 unspecified atom stereocenters. The largest absolute Gasteiger partial charge is 0.379 e. The molecule has 0 atom stereocenters. The maximum absolute atomic E-state index is 11.8. The highest BCUT2D eigenvalue weighted by Gasteiger charge is 2.18. The Kier molecular flexibility index (Phi) is 5.82. The van der Waals surface area contributed by atoms with Crippen molar-refractivity contribution in [1.29, 1.82) is 0 Å². The van der Waals surface area contributed by atoms with Gasteiger partial charge in [-0.05, 0) is 26.3 Å². The van der Waals surface area contributed by atoms with Gasteiger partial charge in [0.2, 0.25) is 5.91 Å². The monoisotopic (exact) mass is 363 g/mol. The van der Waals surface area contributed by atoms with Crippen LogP contribution in [0.25, 0.3) is 10.2 Å². The predicted octanol–water partition coefficient (Wildman–Crippen LogP) is 1.69. The lowest BCUT2D eigenvalue weighted by Crippen LogP contribution is -2.36. The first-order chi connectivity index (χ1) is 12.1. The molecule has 7 nitrogen and oxygen atoms in total. The Labute approximate surface area is 151 Å². The molecule has 3 heterocycles. The van der Waals surface area contributed by atoms with Crippen LogP contribution < -0.4 is 10.6 Å². The number of aromatic nitrogens is 2. The van der Waals surface area contributed by atoms with Crippen LogP contribution in [-0.4, -0.2) is 60.2 Å². The van der Waals surface area contributed by atoms with E-state index in [2.05, 4.69) is 29.4 Å². The standard InChI is InChI=1S/C17H25N5O2S/c1-4-18-14(23)9-19-16-15-11(2)12(3)25-17(15)21-13(20-16)10-22-5-7-24-8-6-22/h4-10H2,1-3H3,(H,18,23)(H,19,20,21). The number of hydrogen-bond acceptors (Lipinski definition) is 7. The number of carbonyl (C=O) groups excluding carboxylic acids is 1. The summed E-state index contributed by atoms with van der Waals surface area (Å²) >= 11 is 1.68. The average molecular weight is 363 g/mol. The third-order valence-electron chi connectivity index (χ3n) is 4.33. The molecular formula is C17H25N5O2S. The van der Waals surface area contributed by atoms with Crippen LogP contribution in [0.1, 0.15) is 23.2 Å². The molecule has 2 aromatic heterocycles. The lowest BCUT2D eigenvalue weighted by atomic mass is 10.2. The van der Waals surface area contributed by atoms with Gasteiger partial charge in [-0.2, -0.15) is 0 Å². The fraction of sp³-hybridized carbons (Fsp3) is 0.588. The van der Waals surface area contributed by atoms with Crippen LogP contribution in [0, 0.1) is 13.8 Å². The minimum Gasteiger partial charge on any atom is -0.379 e. The van der Waals surface area contributed by atoms with Gasteiger partial charge in [-0.15, -0.1) is 11.3 Å². The quantitative estimate of drug-likeness (QED) is 0.813. The summed E-state index contributed by atoms with van der Waals surface area (Å²) in [7, 11) is 0. The number of ether oxygens (including phenoxy) is 1. The number of nitrogens with one attached hydrogen (secondary N) is 2. The molecule has 3 rings (SSSR count). The summed E-state index contributed by atoms with van der Waals surface area (Å²) in [6.45, 7) is 10.9. The highest BCUT2D eigenvalue weighted by Crippen LogP contribution is 2.33. The van der Waals surface area contributed by atoms with Crippen LogP contribution in [0.3, 0.4) is 0 Å².